The van der Waals surface area contributed by atoms with Crippen molar-refractivity contribution in [2.45, 2.75) is 4.90 Å². The van der Waals surface area contributed by atoms with Crippen LogP contribution < -0.4 is 58.8 Å². The minimum absolute atomic E-state index is 0. The molecule has 0 saturated heterocycles. The Bertz CT molecular complexity index is 1010. The molecule has 0 unspecified atom stereocenters. The fourth-order valence-corrected chi connectivity index (χ4v) is 2.70. The number of rotatable bonds is 8. The largest absolute Gasteiger partial charge is 1.00 e. The molecule has 0 aliphatic carbocycles. The van der Waals surface area contributed by atoms with Crippen LogP contribution in [0, 0.1) is 6.07 Å². The van der Waals surface area contributed by atoms with E-state index >= 15 is 0 Å². The smallest absolute Gasteiger partial charge is 0.746 e. The van der Waals surface area contributed by atoms with Crippen molar-refractivity contribution in [2.24, 2.45) is 0 Å². The molecule has 1 aromatic heterocycles. The van der Waals surface area contributed by atoms with E-state index in [-0.39, 0.29) is 74.3 Å². The second-order valence-corrected chi connectivity index (χ2v) is 8.16. The second-order valence-electron chi connectivity index (χ2n) is 4.95. The van der Waals surface area contributed by atoms with Gasteiger partial charge in [-0.2, -0.15) is 33.2 Å². The second kappa shape index (κ2) is 11.0. The summed E-state index contributed by atoms with van der Waals surface area (Å²) >= 11 is 0. The molecule has 0 fully saturated rings. The maximum atomic E-state index is 11.0. The van der Waals surface area contributed by atoms with Crippen LogP contribution in [-0.2, 0) is 20.1 Å². The Hall–Kier alpha value is -1.36. The molecule has 1 aromatic carbocycles. The Morgan fingerprint density at radius 1 is 1.11 bits per heavy atom. The molecule has 2 rings (SSSR count). The minimum atomic E-state index is -4.62. The molecule has 0 amide bonds. The molecule has 28 heavy (non-hydrogen) atoms. The summed E-state index contributed by atoms with van der Waals surface area (Å²) in [5.74, 6) is -0.0793. The number of nitrogen functional groups attached to an aromatic ring is 1. The normalized spacial score (nSPS) is 11.1. The Morgan fingerprint density at radius 2 is 1.75 bits per heavy atom. The van der Waals surface area contributed by atoms with E-state index in [4.69, 9.17) is 5.73 Å². The zero-order chi connectivity index (χ0) is 19.4. The van der Waals surface area contributed by atoms with Crippen LogP contribution in [0.1, 0.15) is 0 Å². The van der Waals surface area contributed by atoms with Crippen molar-refractivity contribution in [2.75, 3.05) is 35.7 Å². The maximum absolute atomic E-state index is 11.0. The van der Waals surface area contributed by atoms with Crippen LogP contribution in [0.4, 0.5) is 23.5 Å². The molecular formula is C12H15Li2N7O5S2. The summed E-state index contributed by atoms with van der Waals surface area (Å²) < 4.78 is 57.4. The standard InChI is InChI=1S/C12H16N7O5S2.2Li/c1-25(20,21)15-6-5-14-11-17-10(13)18-12(19-11)16-8-3-2-4-9(7-8)26(22,23)24;;/h2,4,7,15H,5-6H2,1H3,(H,22,23,24)(H4,13,14,16,17,18,19);;/q-1;2*+1/p-1. The van der Waals surface area contributed by atoms with Crippen molar-refractivity contribution in [3.63, 3.8) is 0 Å². The average Bonchev–Trinajstić information content (AvgIpc) is 2.50. The fraction of sp³-hybridized carbons (Fsp3) is 0.250. The van der Waals surface area contributed by atoms with Crippen molar-refractivity contribution in [1.82, 2.24) is 19.7 Å². The van der Waals surface area contributed by atoms with Crippen molar-refractivity contribution >= 4 is 43.7 Å². The Kier molecular flexibility index (Phi) is 10.5. The quantitative estimate of drug-likeness (QED) is 0.139. The molecule has 0 aliphatic heterocycles. The van der Waals surface area contributed by atoms with E-state index in [9.17, 15) is 21.4 Å². The van der Waals surface area contributed by atoms with Crippen LogP contribution in [0.15, 0.2) is 23.1 Å². The number of aromatic nitrogens is 3. The molecule has 16 heteroatoms. The molecule has 0 bridgehead atoms. The third-order valence-electron chi connectivity index (χ3n) is 2.73. The number of hydrogen-bond acceptors (Lipinski definition) is 11. The van der Waals surface area contributed by atoms with E-state index in [2.05, 4.69) is 36.4 Å². The van der Waals surface area contributed by atoms with Gasteiger partial charge in [-0.3, -0.25) is 0 Å². The van der Waals surface area contributed by atoms with Gasteiger partial charge in [0.25, 0.3) is 0 Å². The summed E-state index contributed by atoms with van der Waals surface area (Å²) in [5, 5.41) is 5.41. The maximum Gasteiger partial charge on any atom is 1.00 e. The van der Waals surface area contributed by atoms with Gasteiger partial charge < -0.3 is 20.9 Å². The number of sulfonamides is 1. The minimum Gasteiger partial charge on any atom is -0.746 e. The molecule has 12 nitrogen and oxygen atoms in total. The Balaban J connectivity index is 0.00000364. The summed E-state index contributed by atoms with van der Waals surface area (Å²) in [6.07, 6.45) is 1.03. The first-order valence-electron chi connectivity index (χ1n) is 6.98. The first kappa shape index (κ1) is 26.6. The fourth-order valence-electron chi connectivity index (χ4n) is 1.73. The molecule has 5 N–H and O–H groups in total. The van der Waals surface area contributed by atoms with E-state index in [1.54, 1.807) is 0 Å². The molecule has 0 aliphatic rings. The molecule has 1 heterocycles. The molecule has 0 spiro atoms. The monoisotopic (exact) mass is 415 g/mol. The number of benzene rings is 1. The van der Waals surface area contributed by atoms with E-state index in [0.717, 1.165) is 18.4 Å². The topological polar surface area (TPSA) is 192 Å². The van der Waals surface area contributed by atoms with Gasteiger partial charge in [0.1, 0.15) is 10.1 Å². The van der Waals surface area contributed by atoms with Gasteiger partial charge in [-0.05, 0) is 0 Å². The summed E-state index contributed by atoms with van der Waals surface area (Å²) in [6.45, 7) is 0.288. The first-order chi connectivity index (χ1) is 12.0. The predicted octanol–water partition coefficient (Wildman–Crippen LogP) is -7.13. The summed E-state index contributed by atoms with van der Waals surface area (Å²) in [4.78, 5) is 11.2. The number of nitrogens with one attached hydrogen (secondary N) is 3. The van der Waals surface area contributed by atoms with E-state index in [1.807, 2.05) is 0 Å². The third kappa shape index (κ3) is 9.23. The van der Waals surface area contributed by atoms with E-state index in [0.29, 0.717) is 0 Å². The van der Waals surface area contributed by atoms with Gasteiger partial charge in [0.15, 0.2) is 0 Å². The van der Waals surface area contributed by atoms with Crippen molar-refractivity contribution < 1.29 is 59.1 Å². The molecule has 0 radical (unpaired) electrons. The van der Waals surface area contributed by atoms with Gasteiger partial charge in [-0.15, -0.1) is 6.07 Å². The molecule has 2 aromatic rings. The van der Waals surface area contributed by atoms with Crippen molar-refractivity contribution in [1.29, 1.82) is 0 Å². The van der Waals surface area contributed by atoms with Crippen molar-refractivity contribution in [3.05, 3.63) is 24.3 Å². The van der Waals surface area contributed by atoms with Crippen molar-refractivity contribution in [3.8, 4) is 0 Å². The van der Waals surface area contributed by atoms with E-state index < -0.39 is 25.0 Å². The number of anilines is 4. The molecular weight excluding hydrogens is 400 g/mol. The first-order valence-corrected chi connectivity index (χ1v) is 10.3. The van der Waals surface area contributed by atoms with Crippen LogP contribution in [0.5, 0.6) is 0 Å². The third-order valence-corrected chi connectivity index (χ3v) is 4.29. The van der Waals surface area contributed by atoms with Gasteiger partial charge in [0, 0.05) is 13.1 Å². The van der Waals surface area contributed by atoms with E-state index in [1.165, 1.54) is 6.07 Å². The number of hydrogen-bond donors (Lipinski definition) is 4. The van der Waals surface area contributed by atoms with Gasteiger partial charge in [-0.25, -0.2) is 21.6 Å². The zero-order valence-corrected chi connectivity index (χ0v) is 17.1. The summed E-state index contributed by atoms with van der Waals surface area (Å²) in [7, 11) is -7.93. The Labute approximate surface area is 186 Å². The SMILES string of the molecule is CS(=O)(=O)NCCNc1nc(N)nc(Nc2[c-]ccc(S(=O)(=O)[O-])c2)n1.[Li+].[Li+]. The number of nitrogens with two attached hydrogens (primary N) is 1. The van der Waals surface area contributed by atoms with Crippen LogP contribution in [0.2, 0.25) is 0 Å². The molecule has 0 atom stereocenters. The average molecular weight is 415 g/mol. The summed E-state index contributed by atoms with van der Waals surface area (Å²) in [6, 6.07) is 6.13. The predicted molar refractivity (Wildman–Crippen MR) is 92.1 cm³/mol. The van der Waals surface area contributed by atoms with Gasteiger partial charge in [0.05, 0.1) is 6.26 Å². The number of nitrogens with zero attached hydrogens (tertiary/aromatic N) is 3. The zero-order valence-electron chi connectivity index (χ0n) is 15.4. The van der Waals surface area contributed by atoms with Gasteiger partial charge in [-0.1, -0.05) is 10.6 Å². The molecule has 0 saturated carbocycles. The van der Waals surface area contributed by atoms with Crippen LogP contribution >= 0.6 is 0 Å². The van der Waals surface area contributed by atoms with Gasteiger partial charge in [0.2, 0.25) is 27.9 Å². The van der Waals surface area contributed by atoms with Crippen LogP contribution in [-0.4, -0.2) is 55.7 Å². The molecule has 142 valence electrons. The van der Waals surface area contributed by atoms with Crippen LogP contribution in [0.25, 0.3) is 0 Å². The van der Waals surface area contributed by atoms with Gasteiger partial charge >= 0.3 is 37.7 Å². The summed E-state index contributed by atoms with van der Waals surface area (Å²) in [5.41, 5.74) is 5.71. The van der Waals surface area contributed by atoms with Crippen LogP contribution in [0.3, 0.4) is 0 Å². The Morgan fingerprint density at radius 3 is 2.36 bits per heavy atom.